The molecule has 1 aromatic carbocycles. The first kappa shape index (κ1) is 13.4. The fraction of sp³-hybridized carbons (Fsp3) is 0.154. The van der Waals surface area contributed by atoms with Crippen LogP contribution in [-0.4, -0.2) is 24.0 Å². The third-order valence-electron chi connectivity index (χ3n) is 2.13. The number of carbonyl (C=O) groups excluding carboxylic acids is 1. The summed E-state index contributed by atoms with van der Waals surface area (Å²) in [5, 5.41) is 2.79. The van der Waals surface area contributed by atoms with Gasteiger partial charge in [-0.15, -0.1) is 25.8 Å². The van der Waals surface area contributed by atoms with Crippen LogP contribution in [0, 0.1) is 0 Å². The van der Waals surface area contributed by atoms with E-state index in [0.29, 0.717) is 18.8 Å². The average Bonchev–Trinajstić information content (AvgIpc) is 2.32. The molecule has 0 radical (unpaired) electrons. The molecule has 0 bridgehead atoms. The topological polar surface area (TPSA) is 32.3 Å². The van der Waals surface area contributed by atoms with E-state index in [1.807, 2.05) is 18.2 Å². The smallest absolute Gasteiger partial charge is 0.317 e. The average molecular weight is 248 g/mol. The molecule has 0 aliphatic heterocycles. The molecule has 1 N–H and O–H groups in total. The van der Waals surface area contributed by atoms with E-state index >= 15 is 0 Å². The number of nitrogens with zero attached hydrogens (tertiary/aromatic N) is 1. The van der Waals surface area contributed by atoms with E-state index in [1.54, 1.807) is 23.1 Å². The first-order valence-electron chi connectivity index (χ1n) is 5.24. The fourth-order valence-electron chi connectivity index (χ4n) is 1.33. The predicted molar refractivity (Wildman–Crippen MR) is 74.7 cm³/mol. The Balaban J connectivity index is 2.72. The molecule has 2 amide bonds. The van der Waals surface area contributed by atoms with E-state index in [4.69, 9.17) is 0 Å². The second kappa shape index (κ2) is 6.81. The number of hydrogen-bond acceptors (Lipinski definition) is 2. The van der Waals surface area contributed by atoms with Gasteiger partial charge < -0.3 is 10.2 Å². The number of benzene rings is 1. The zero-order valence-electron chi connectivity index (χ0n) is 9.60. The quantitative estimate of drug-likeness (QED) is 0.609. The Morgan fingerprint density at radius 2 is 1.88 bits per heavy atom. The van der Waals surface area contributed by atoms with Crippen molar-refractivity contribution in [3.8, 4) is 0 Å². The van der Waals surface area contributed by atoms with E-state index in [1.165, 1.54) is 0 Å². The van der Waals surface area contributed by atoms with Crippen LogP contribution in [0.2, 0.25) is 0 Å². The van der Waals surface area contributed by atoms with Gasteiger partial charge in [-0.2, -0.15) is 0 Å². The number of thiol groups is 1. The third kappa shape index (κ3) is 4.00. The Bertz CT molecular complexity index is 408. The summed E-state index contributed by atoms with van der Waals surface area (Å²) in [6.45, 7) is 8.19. The normalized spacial score (nSPS) is 9.47. The lowest BCUT2D eigenvalue weighted by Gasteiger charge is -2.20. The van der Waals surface area contributed by atoms with E-state index in [-0.39, 0.29) is 6.03 Å². The van der Waals surface area contributed by atoms with Crippen molar-refractivity contribution in [2.24, 2.45) is 0 Å². The van der Waals surface area contributed by atoms with Crippen LogP contribution < -0.4 is 5.32 Å². The van der Waals surface area contributed by atoms with Crippen LogP contribution in [0.1, 0.15) is 0 Å². The zero-order chi connectivity index (χ0) is 12.7. The third-order valence-corrected chi connectivity index (χ3v) is 2.52. The first-order valence-corrected chi connectivity index (χ1v) is 5.69. The Hall–Kier alpha value is -1.68. The molecule has 1 rings (SSSR count). The van der Waals surface area contributed by atoms with Crippen molar-refractivity contribution in [3.63, 3.8) is 0 Å². The summed E-state index contributed by atoms with van der Waals surface area (Å²) in [6, 6.07) is 7.15. The maximum atomic E-state index is 11.9. The second-order valence-corrected chi connectivity index (χ2v) is 3.91. The van der Waals surface area contributed by atoms with Crippen molar-refractivity contribution in [2.45, 2.75) is 4.90 Å². The summed E-state index contributed by atoms with van der Waals surface area (Å²) in [5.74, 6) is 0. The van der Waals surface area contributed by atoms with Crippen LogP contribution >= 0.6 is 12.6 Å². The van der Waals surface area contributed by atoms with Crippen molar-refractivity contribution < 1.29 is 4.79 Å². The molecule has 0 unspecified atom stereocenters. The molecule has 0 heterocycles. The van der Waals surface area contributed by atoms with Gasteiger partial charge in [0.1, 0.15) is 0 Å². The molecule has 0 saturated carbocycles. The van der Waals surface area contributed by atoms with Crippen LogP contribution in [0.4, 0.5) is 10.5 Å². The first-order chi connectivity index (χ1) is 8.19. The van der Waals surface area contributed by atoms with Crippen molar-refractivity contribution in [3.05, 3.63) is 49.6 Å². The van der Waals surface area contributed by atoms with Gasteiger partial charge >= 0.3 is 6.03 Å². The summed E-state index contributed by atoms with van der Waals surface area (Å²) >= 11 is 4.27. The molecule has 90 valence electrons. The van der Waals surface area contributed by atoms with Crippen LogP contribution in [0.15, 0.2) is 54.5 Å². The number of urea groups is 1. The highest BCUT2D eigenvalue weighted by Crippen LogP contribution is 2.18. The van der Waals surface area contributed by atoms with E-state index < -0.39 is 0 Å². The number of amides is 2. The molecular formula is C13H16N2OS. The number of carbonyl (C=O) groups is 1. The number of hydrogen-bond donors (Lipinski definition) is 2. The van der Waals surface area contributed by atoms with Crippen LogP contribution in [-0.2, 0) is 0 Å². The minimum atomic E-state index is -0.189. The number of para-hydroxylation sites is 1. The summed E-state index contributed by atoms with van der Waals surface area (Å²) in [7, 11) is 0. The summed E-state index contributed by atoms with van der Waals surface area (Å²) in [4.78, 5) is 14.3. The Kier molecular flexibility index (Phi) is 5.36. The van der Waals surface area contributed by atoms with E-state index in [2.05, 4.69) is 31.1 Å². The molecule has 4 heteroatoms. The Labute approximate surface area is 107 Å². The van der Waals surface area contributed by atoms with Crippen molar-refractivity contribution >= 4 is 24.3 Å². The van der Waals surface area contributed by atoms with Crippen LogP contribution in [0.5, 0.6) is 0 Å². The summed E-state index contributed by atoms with van der Waals surface area (Å²) < 4.78 is 0. The van der Waals surface area contributed by atoms with Gasteiger partial charge in [0.05, 0.1) is 5.69 Å². The van der Waals surface area contributed by atoms with Gasteiger partial charge in [0, 0.05) is 18.0 Å². The van der Waals surface area contributed by atoms with Gasteiger partial charge in [0.15, 0.2) is 0 Å². The molecule has 0 aliphatic carbocycles. The molecule has 1 aromatic rings. The number of nitrogens with one attached hydrogen (secondary N) is 1. The van der Waals surface area contributed by atoms with Gasteiger partial charge in [-0.1, -0.05) is 24.3 Å². The highest BCUT2D eigenvalue weighted by molar-refractivity contribution is 7.80. The summed E-state index contributed by atoms with van der Waals surface area (Å²) in [6.07, 6.45) is 3.35. The van der Waals surface area contributed by atoms with E-state index in [0.717, 1.165) is 4.90 Å². The molecule has 0 fully saturated rings. The van der Waals surface area contributed by atoms with Gasteiger partial charge in [-0.05, 0) is 12.1 Å². The maximum Gasteiger partial charge on any atom is 0.322 e. The molecule has 0 aromatic heterocycles. The lowest BCUT2D eigenvalue weighted by atomic mass is 10.3. The largest absolute Gasteiger partial charge is 0.322 e. The predicted octanol–water partition coefficient (Wildman–Crippen LogP) is 3.18. The minimum absolute atomic E-state index is 0.189. The molecule has 3 nitrogen and oxygen atoms in total. The Morgan fingerprint density at radius 3 is 2.41 bits per heavy atom. The van der Waals surface area contributed by atoms with Gasteiger partial charge in [0.2, 0.25) is 0 Å². The zero-order valence-corrected chi connectivity index (χ0v) is 10.5. The van der Waals surface area contributed by atoms with Gasteiger partial charge in [-0.3, -0.25) is 0 Å². The standard InChI is InChI=1S/C13H16N2OS/c1-3-9-15(10-4-2)13(16)14-11-7-5-6-8-12(11)17/h3-8,17H,1-2,9-10H2,(H,14,16). The van der Waals surface area contributed by atoms with Crippen molar-refractivity contribution in [2.75, 3.05) is 18.4 Å². The van der Waals surface area contributed by atoms with Crippen molar-refractivity contribution in [1.29, 1.82) is 0 Å². The molecule has 0 aliphatic rings. The summed E-state index contributed by atoms with van der Waals surface area (Å²) in [5.41, 5.74) is 0.693. The maximum absolute atomic E-state index is 11.9. The highest BCUT2D eigenvalue weighted by Gasteiger charge is 2.11. The second-order valence-electron chi connectivity index (χ2n) is 3.43. The number of anilines is 1. The highest BCUT2D eigenvalue weighted by atomic mass is 32.1. The van der Waals surface area contributed by atoms with Crippen molar-refractivity contribution in [1.82, 2.24) is 4.90 Å². The molecule has 0 atom stereocenters. The molecule has 17 heavy (non-hydrogen) atoms. The van der Waals surface area contributed by atoms with E-state index in [9.17, 15) is 4.79 Å². The Morgan fingerprint density at radius 1 is 1.29 bits per heavy atom. The lowest BCUT2D eigenvalue weighted by molar-refractivity contribution is 0.222. The monoisotopic (exact) mass is 248 g/mol. The van der Waals surface area contributed by atoms with Crippen LogP contribution in [0.3, 0.4) is 0 Å². The lowest BCUT2D eigenvalue weighted by Crippen LogP contribution is -2.35. The SMILES string of the molecule is C=CCN(CC=C)C(=O)Nc1ccccc1S. The van der Waals surface area contributed by atoms with Gasteiger partial charge in [-0.25, -0.2) is 4.79 Å². The molecular weight excluding hydrogens is 232 g/mol. The molecule has 0 saturated heterocycles. The fourth-order valence-corrected chi connectivity index (χ4v) is 1.54. The van der Waals surface area contributed by atoms with Crippen LogP contribution in [0.25, 0.3) is 0 Å². The number of rotatable bonds is 5. The minimum Gasteiger partial charge on any atom is -0.317 e. The molecule has 0 spiro atoms. The van der Waals surface area contributed by atoms with Gasteiger partial charge in [0.25, 0.3) is 0 Å².